The summed E-state index contributed by atoms with van der Waals surface area (Å²) in [6.07, 6.45) is -9.12. The molecular formula is C27H22ClF6N3O. The summed E-state index contributed by atoms with van der Waals surface area (Å²) in [6.45, 7) is 3.31. The molecular weight excluding hydrogens is 532 g/mol. The molecule has 1 aliphatic heterocycles. The van der Waals surface area contributed by atoms with Gasteiger partial charge < -0.3 is 5.32 Å². The van der Waals surface area contributed by atoms with E-state index in [2.05, 4.69) is 10.4 Å². The van der Waals surface area contributed by atoms with Crippen molar-refractivity contribution in [1.82, 2.24) is 5.01 Å². The molecule has 0 fully saturated rings. The standard InChI is InChI=1S/C27H22ClF6N3O/c1-16-12-19(26(29,30)31)9-11-22(16)35-23(38)14-37-15-25(2,18-6-4-3-5-7-18)24(36-37)17-8-10-20(21(28)13-17)27(32,33)34/h3-13H,14-15H2,1-2H3,(H,35,38). The van der Waals surface area contributed by atoms with Crippen molar-refractivity contribution in [3.8, 4) is 0 Å². The Kier molecular flexibility index (Phi) is 7.22. The van der Waals surface area contributed by atoms with Gasteiger partial charge in [0.15, 0.2) is 0 Å². The number of nitrogens with one attached hydrogen (secondary N) is 1. The smallest absolute Gasteiger partial charge is 0.324 e. The van der Waals surface area contributed by atoms with Crippen LogP contribution in [0.1, 0.15) is 34.7 Å². The summed E-state index contributed by atoms with van der Waals surface area (Å²) in [5.41, 5.74) is -0.486. The van der Waals surface area contributed by atoms with Crippen LogP contribution in [0.5, 0.6) is 0 Å². The second kappa shape index (κ2) is 9.98. The van der Waals surface area contributed by atoms with Gasteiger partial charge in [-0.05, 0) is 55.3 Å². The summed E-state index contributed by atoms with van der Waals surface area (Å²) >= 11 is 5.97. The number of benzene rings is 3. The molecule has 1 unspecified atom stereocenters. The Bertz CT molecular complexity index is 1390. The Hall–Kier alpha value is -3.53. The lowest BCUT2D eigenvalue weighted by atomic mass is 9.76. The van der Waals surface area contributed by atoms with Gasteiger partial charge in [0.05, 0.1) is 33.8 Å². The summed E-state index contributed by atoms with van der Waals surface area (Å²) in [5, 5.41) is 8.18. The van der Waals surface area contributed by atoms with Crippen molar-refractivity contribution in [3.05, 3.63) is 99.6 Å². The summed E-state index contributed by atoms with van der Waals surface area (Å²) < 4.78 is 78.6. The molecule has 200 valence electrons. The number of rotatable bonds is 5. The van der Waals surface area contributed by atoms with Crippen LogP contribution >= 0.6 is 11.6 Å². The number of aryl methyl sites for hydroxylation is 1. The molecule has 3 aromatic carbocycles. The lowest BCUT2D eigenvalue weighted by molar-refractivity contribution is -0.138. The largest absolute Gasteiger partial charge is 0.417 e. The highest BCUT2D eigenvalue weighted by molar-refractivity contribution is 6.32. The minimum Gasteiger partial charge on any atom is -0.324 e. The molecule has 0 spiro atoms. The number of hydrogen-bond donors (Lipinski definition) is 1. The average Bonchev–Trinajstić information content (AvgIpc) is 3.16. The second-order valence-corrected chi connectivity index (χ2v) is 9.64. The van der Waals surface area contributed by atoms with Crippen molar-refractivity contribution in [2.75, 3.05) is 18.4 Å². The number of carbonyl (C=O) groups is 1. The maximum absolute atomic E-state index is 13.2. The number of carbonyl (C=O) groups excluding carboxylic acids is 1. The molecule has 0 saturated carbocycles. The van der Waals surface area contributed by atoms with Crippen LogP contribution in [0.25, 0.3) is 0 Å². The Morgan fingerprint density at radius 1 is 1.00 bits per heavy atom. The van der Waals surface area contributed by atoms with E-state index in [0.29, 0.717) is 11.3 Å². The topological polar surface area (TPSA) is 44.7 Å². The minimum absolute atomic E-state index is 0.227. The number of hydrogen-bond acceptors (Lipinski definition) is 3. The average molecular weight is 554 g/mol. The van der Waals surface area contributed by atoms with E-state index in [9.17, 15) is 31.1 Å². The maximum Gasteiger partial charge on any atom is 0.417 e. The van der Waals surface area contributed by atoms with Gasteiger partial charge in [0.25, 0.3) is 0 Å². The van der Waals surface area contributed by atoms with Crippen LogP contribution in [0.4, 0.5) is 32.0 Å². The second-order valence-electron chi connectivity index (χ2n) is 9.24. The van der Waals surface area contributed by atoms with Crippen molar-refractivity contribution in [2.24, 2.45) is 5.10 Å². The molecule has 1 aliphatic rings. The number of nitrogens with zero attached hydrogens (tertiary/aromatic N) is 2. The third-order valence-corrected chi connectivity index (χ3v) is 6.69. The van der Waals surface area contributed by atoms with E-state index in [4.69, 9.17) is 11.6 Å². The summed E-state index contributed by atoms with van der Waals surface area (Å²) in [4.78, 5) is 12.8. The van der Waals surface area contributed by atoms with Crippen molar-refractivity contribution < 1.29 is 31.1 Å². The minimum atomic E-state index is -4.61. The van der Waals surface area contributed by atoms with E-state index in [-0.39, 0.29) is 24.3 Å². The Morgan fingerprint density at radius 3 is 2.26 bits per heavy atom. The molecule has 4 rings (SSSR count). The third kappa shape index (κ3) is 5.65. The molecule has 0 saturated heterocycles. The van der Waals surface area contributed by atoms with Gasteiger partial charge in [-0.1, -0.05) is 48.0 Å². The van der Waals surface area contributed by atoms with Gasteiger partial charge in [0, 0.05) is 11.3 Å². The predicted octanol–water partition coefficient (Wildman–Crippen LogP) is 7.30. The number of amides is 1. The zero-order chi connectivity index (χ0) is 27.9. The van der Waals surface area contributed by atoms with Crippen molar-refractivity contribution in [3.63, 3.8) is 0 Å². The Morgan fingerprint density at radius 2 is 1.68 bits per heavy atom. The van der Waals surface area contributed by atoms with Gasteiger partial charge in [-0.3, -0.25) is 9.80 Å². The molecule has 1 heterocycles. The van der Waals surface area contributed by atoms with Crippen molar-refractivity contribution >= 4 is 28.9 Å². The quantitative estimate of drug-likeness (QED) is 0.337. The Labute approximate surface area is 219 Å². The SMILES string of the molecule is Cc1cc(C(F)(F)F)ccc1NC(=O)CN1CC(C)(c2ccccc2)C(c2ccc(C(F)(F)F)c(Cl)c2)=N1. The number of hydrazone groups is 1. The fourth-order valence-electron chi connectivity index (χ4n) is 4.46. The molecule has 0 bridgehead atoms. The van der Waals surface area contributed by atoms with Crippen molar-refractivity contribution in [1.29, 1.82) is 0 Å². The summed E-state index contributed by atoms with van der Waals surface area (Å²) in [6, 6.07) is 15.6. The van der Waals surface area contributed by atoms with Gasteiger partial charge in [-0.2, -0.15) is 31.4 Å². The summed E-state index contributed by atoms with van der Waals surface area (Å²) in [7, 11) is 0. The predicted molar refractivity (Wildman–Crippen MR) is 133 cm³/mol. The van der Waals surface area contributed by atoms with Crippen LogP contribution in [0.3, 0.4) is 0 Å². The first-order valence-corrected chi connectivity index (χ1v) is 11.8. The van der Waals surface area contributed by atoms with E-state index in [1.54, 1.807) is 0 Å². The monoisotopic (exact) mass is 553 g/mol. The molecule has 0 radical (unpaired) electrons. The van der Waals surface area contributed by atoms with Gasteiger partial charge in [0.2, 0.25) is 5.91 Å². The fraction of sp³-hybridized carbons (Fsp3) is 0.259. The third-order valence-electron chi connectivity index (χ3n) is 6.38. The molecule has 0 aliphatic carbocycles. The first-order chi connectivity index (χ1) is 17.7. The highest BCUT2D eigenvalue weighted by Gasteiger charge is 2.42. The van der Waals surface area contributed by atoms with Crippen LogP contribution in [-0.4, -0.2) is 29.7 Å². The molecule has 4 nitrogen and oxygen atoms in total. The van der Waals surface area contributed by atoms with Crippen LogP contribution < -0.4 is 5.32 Å². The van der Waals surface area contributed by atoms with E-state index in [0.717, 1.165) is 23.8 Å². The summed E-state index contributed by atoms with van der Waals surface area (Å²) in [5.74, 6) is -0.515. The molecule has 1 atom stereocenters. The van der Waals surface area contributed by atoms with Crippen LogP contribution in [0.15, 0.2) is 71.8 Å². The molecule has 3 aromatic rings. The van der Waals surface area contributed by atoms with Crippen LogP contribution in [0, 0.1) is 6.92 Å². The zero-order valence-corrected chi connectivity index (χ0v) is 21.0. The molecule has 11 heteroatoms. The van der Waals surface area contributed by atoms with E-state index in [1.165, 1.54) is 30.1 Å². The lowest BCUT2D eigenvalue weighted by Crippen LogP contribution is -2.38. The fourth-order valence-corrected chi connectivity index (χ4v) is 4.74. The van der Waals surface area contributed by atoms with Gasteiger partial charge in [0.1, 0.15) is 6.54 Å². The normalized spacial score (nSPS) is 17.9. The zero-order valence-electron chi connectivity index (χ0n) is 20.2. The van der Waals surface area contributed by atoms with Crippen LogP contribution in [0.2, 0.25) is 5.02 Å². The van der Waals surface area contributed by atoms with Crippen molar-refractivity contribution in [2.45, 2.75) is 31.6 Å². The Balaban J connectivity index is 1.62. The van der Waals surface area contributed by atoms with E-state index >= 15 is 0 Å². The highest BCUT2D eigenvalue weighted by atomic mass is 35.5. The molecule has 1 N–H and O–H groups in total. The first-order valence-electron chi connectivity index (χ1n) is 11.4. The van der Waals surface area contributed by atoms with Crippen LogP contribution in [-0.2, 0) is 22.6 Å². The van der Waals surface area contributed by atoms with Gasteiger partial charge >= 0.3 is 12.4 Å². The maximum atomic E-state index is 13.2. The molecule has 0 aromatic heterocycles. The number of alkyl halides is 6. The molecule has 38 heavy (non-hydrogen) atoms. The lowest BCUT2D eigenvalue weighted by Gasteiger charge is -2.27. The molecule has 1 amide bonds. The van der Waals surface area contributed by atoms with E-state index < -0.39 is 39.8 Å². The van der Waals surface area contributed by atoms with Gasteiger partial charge in [-0.15, -0.1) is 0 Å². The van der Waals surface area contributed by atoms with E-state index in [1.807, 2.05) is 37.3 Å². The highest BCUT2D eigenvalue weighted by Crippen LogP contribution is 2.39. The first kappa shape index (κ1) is 27.5. The number of anilines is 1. The number of halogens is 7. The van der Waals surface area contributed by atoms with Gasteiger partial charge in [-0.25, -0.2) is 0 Å².